The molecule has 0 atom stereocenters. The average molecular weight is 378 g/mol. The van der Waals surface area contributed by atoms with Crippen LogP contribution in [-0.2, 0) is 0 Å². The zero-order valence-electron chi connectivity index (χ0n) is 6.20. The molecule has 0 aromatic carbocycles. The van der Waals surface area contributed by atoms with E-state index >= 15 is 0 Å². The average Bonchev–Trinajstić information content (AvgIpc) is 2.32. The molecule has 2 rings (SSSR count). The zero-order chi connectivity index (χ0) is 8.72. The molecule has 1 aromatic rings. The van der Waals surface area contributed by atoms with Gasteiger partial charge in [0.05, 0.1) is 0 Å². The molecule has 12 heavy (non-hydrogen) atoms. The van der Waals surface area contributed by atoms with Crippen molar-refractivity contribution in [3.8, 4) is 0 Å². The van der Waals surface area contributed by atoms with Gasteiger partial charge in [-0.15, -0.1) is 0 Å². The van der Waals surface area contributed by atoms with Gasteiger partial charge in [-0.1, -0.05) is 0 Å². The summed E-state index contributed by atoms with van der Waals surface area (Å²) in [5, 5.41) is 0. The monoisotopic (exact) mass is 377 g/mol. The van der Waals surface area contributed by atoms with Crippen LogP contribution in [0.25, 0.3) is 6.08 Å². The van der Waals surface area contributed by atoms with Crippen LogP contribution in [0.15, 0.2) is 10.7 Å². The molecule has 0 spiro atoms. The molecule has 2 heterocycles. The van der Waals surface area contributed by atoms with Crippen LogP contribution < -0.4 is 3.53 Å². The van der Waals surface area contributed by atoms with Crippen molar-refractivity contribution in [1.82, 2.24) is 3.53 Å². The summed E-state index contributed by atoms with van der Waals surface area (Å²) in [5.74, 6) is 0. The first-order chi connectivity index (χ1) is 5.70. The molecule has 0 unspecified atom stereocenters. The molecule has 0 fully saturated rings. The third-order valence-corrected chi connectivity index (χ3v) is 9.88. The fraction of sp³-hybridized carbons (Fsp3) is 0.143. The van der Waals surface area contributed by atoms with Crippen LogP contribution in [0.5, 0.6) is 0 Å². The first kappa shape index (κ1) is 9.30. The normalized spacial score (nSPS) is 17.4. The van der Waals surface area contributed by atoms with Crippen molar-refractivity contribution in [1.29, 1.82) is 0 Å². The maximum atomic E-state index is 6.22. The number of aryl methyl sites for hydroxylation is 1. The SMILES string of the molecule is Cc1sc2c(c1Br)C=CNI2Cl. The molecule has 5 heteroatoms. The summed E-state index contributed by atoms with van der Waals surface area (Å²) in [7, 11) is 6.22. The van der Waals surface area contributed by atoms with Crippen LogP contribution in [0, 0.1) is 9.81 Å². The van der Waals surface area contributed by atoms with Crippen molar-refractivity contribution in [2.75, 3.05) is 0 Å². The molecule has 1 aromatic heterocycles. The second kappa shape index (κ2) is 3.48. The van der Waals surface area contributed by atoms with E-state index in [9.17, 15) is 0 Å². The van der Waals surface area contributed by atoms with E-state index in [1.54, 1.807) is 11.3 Å². The van der Waals surface area contributed by atoms with Gasteiger partial charge in [0.25, 0.3) is 0 Å². The molecule has 1 nitrogen and oxygen atoms in total. The molecular formula is C7H6BrClINS. The molecule has 0 saturated carbocycles. The van der Waals surface area contributed by atoms with Gasteiger partial charge in [-0.3, -0.25) is 0 Å². The Morgan fingerprint density at radius 2 is 2.42 bits per heavy atom. The Kier molecular flexibility index (Phi) is 2.69. The minimum absolute atomic E-state index is 1.21. The van der Waals surface area contributed by atoms with Gasteiger partial charge >= 0.3 is 95.7 Å². The van der Waals surface area contributed by atoms with Crippen LogP contribution in [-0.4, -0.2) is 0 Å². The zero-order valence-corrected chi connectivity index (χ0v) is 11.5. The second-order valence-electron chi connectivity index (χ2n) is 2.34. The Hall–Kier alpha value is 0.740. The standard InChI is InChI=1S/C7H6BrClINS/c1-4-6(8)5-2-3-11-10(9)7(5)12-4/h2-3,11H,1H3. The number of hydrogen-bond donors (Lipinski definition) is 1. The summed E-state index contributed by atoms with van der Waals surface area (Å²) < 4.78 is 5.78. The summed E-state index contributed by atoms with van der Waals surface area (Å²) in [6.07, 6.45) is 4.04. The third-order valence-electron chi connectivity index (χ3n) is 1.56. The van der Waals surface area contributed by atoms with Crippen molar-refractivity contribution in [3.05, 3.63) is 24.0 Å². The van der Waals surface area contributed by atoms with Gasteiger partial charge < -0.3 is 0 Å². The fourth-order valence-corrected chi connectivity index (χ4v) is 7.91. The van der Waals surface area contributed by atoms with E-state index in [4.69, 9.17) is 8.91 Å². The Labute approximate surface area is 94.8 Å². The van der Waals surface area contributed by atoms with Crippen LogP contribution in [0.2, 0.25) is 0 Å². The van der Waals surface area contributed by atoms with Crippen molar-refractivity contribution in [2.24, 2.45) is 0 Å². The predicted octanol–water partition coefficient (Wildman–Crippen LogP) is 4.14. The molecule has 1 aliphatic heterocycles. The number of fused-ring (bicyclic) bond motifs is 1. The summed E-state index contributed by atoms with van der Waals surface area (Å²) in [4.78, 5) is 1.32. The van der Waals surface area contributed by atoms with Crippen LogP contribution >= 0.6 is 55.1 Å². The number of hydrogen-bond acceptors (Lipinski definition) is 2. The molecule has 1 N–H and O–H groups in total. The minimum atomic E-state index is -1.54. The van der Waals surface area contributed by atoms with Crippen molar-refractivity contribution in [3.63, 3.8) is 0 Å². The van der Waals surface area contributed by atoms with Crippen molar-refractivity contribution >= 4 is 61.2 Å². The molecule has 1 aliphatic rings. The summed E-state index contributed by atoms with van der Waals surface area (Å²) in [6, 6.07) is 0. The van der Waals surface area contributed by atoms with E-state index in [-0.39, 0.29) is 0 Å². The number of thiophene rings is 1. The molecular weight excluding hydrogens is 372 g/mol. The van der Waals surface area contributed by atoms with Gasteiger partial charge in [0.2, 0.25) is 0 Å². The third kappa shape index (κ3) is 1.42. The van der Waals surface area contributed by atoms with Gasteiger partial charge in [0.1, 0.15) is 0 Å². The van der Waals surface area contributed by atoms with Crippen molar-refractivity contribution < 1.29 is 0 Å². The van der Waals surface area contributed by atoms with Crippen LogP contribution in [0.3, 0.4) is 0 Å². The molecule has 0 amide bonds. The quantitative estimate of drug-likeness (QED) is 0.529. The van der Waals surface area contributed by atoms with E-state index in [1.165, 1.54) is 17.8 Å². The first-order valence-electron chi connectivity index (χ1n) is 3.28. The topological polar surface area (TPSA) is 12.0 Å². The Morgan fingerprint density at radius 3 is 3.08 bits per heavy atom. The predicted molar refractivity (Wildman–Crippen MR) is 67.5 cm³/mol. The van der Waals surface area contributed by atoms with E-state index in [0.29, 0.717) is 0 Å². The molecule has 0 aliphatic carbocycles. The molecule has 66 valence electrons. The molecule has 0 radical (unpaired) electrons. The fourth-order valence-electron chi connectivity index (χ4n) is 0.992. The second-order valence-corrected chi connectivity index (χ2v) is 10.1. The first-order valence-corrected chi connectivity index (χ1v) is 9.78. The number of halogens is 3. The van der Waals surface area contributed by atoms with Gasteiger partial charge in [-0.25, -0.2) is 0 Å². The van der Waals surface area contributed by atoms with E-state index in [1.807, 2.05) is 6.20 Å². The van der Waals surface area contributed by atoms with Crippen molar-refractivity contribution in [2.45, 2.75) is 6.92 Å². The van der Waals surface area contributed by atoms with E-state index in [2.05, 4.69) is 32.5 Å². The Balaban J connectivity index is 2.62. The summed E-state index contributed by atoms with van der Waals surface area (Å²) in [6.45, 7) is 2.11. The number of rotatable bonds is 0. The van der Waals surface area contributed by atoms with Gasteiger partial charge in [0.15, 0.2) is 0 Å². The van der Waals surface area contributed by atoms with Crippen LogP contribution in [0.1, 0.15) is 10.4 Å². The summed E-state index contributed by atoms with van der Waals surface area (Å²) >= 11 is 3.82. The molecule has 0 bridgehead atoms. The number of nitrogens with one attached hydrogen (secondary N) is 1. The van der Waals surface area contributed by atoms with E-state index in [0.717, 1.165) is 0 Å². The van der Waals surface area contributed by atoms with Gasteiger partial charge in [-0.05, 0) is 0 Å². The van der Waals surface area contributed by atoms with Gasteiger partial charge in [-0.2, -0.15) is 0 Å². The Bertz CT molecular complexity index is 349. The maximum absolute atomic E-state index is 6.22. The summed E-state index contributed by atoms with van der Waals surface area (Å²) in [5.41, 5.74) is 1.29. The molecule has 0 saturated heterocycles. The van der Waals surface area contributed by atoms with Crippen LogP contribution in [0.4, 0.5) is 0 Å². The van der Waals surface area contributed by atoms with E-state index < -0.39 is 19.0 Å². The Morgan fingerprint density at radius 1 is 1.67 bits per heavy atom. The van der Waals surface area contributed by atoms with Gasteiger partial charge in [0, 0.05) is 0 Å².